The molecular weight excluding hydrogens is 234 g/mol. The van der Waals surface area contributed by atoms with Gasteiger partial charge >= 0.3 is 0 Å². The number of hydrogen-bond donors (Lipinski definition) is 1. The molecule has 1 N–H and O–H groups in total. The summed E-state index contributed by atoms with van der Waals surface area (Å²) in [6.45, 7) is 9.60. The predicted molar refractivity (Wildman–Crippen MR) is 79.2 cm³/mol. The zero-order chi connectivity index (χ0) is 13.5. The highest BCUT2D eigenvalue weighted by molar-refractivity contribution is 5.11. The molecule has 0 spiro atoms. The first kappa shape index (κ1) is 13.9. The van der Waals surface area contributed by atoms with Crippen LogP contribution in [-0.4, -0.2) is 25.3 Å². The van der Waals surface area contributed by atoms with Crippen LogP contribution in [0.15, 0.2) is 0 Å². The Hall–Kier alpha value is -0.0800. The summed E-state index contributed by atoms with van der Waals surface area (Å²) in [6.07, 6.45) is 9.95. The van der Waals surface area contributed by atoms with Crippen molar-refractivity contribution in [3.63, 3.8) is 0 Å². The van der Waals surface area contributed by atoms with E-state index >= 15 is 0 Å². The molecule has 110 valence electrons. The highest BCUT2D eigenvalue weighted by Crippen LogP contribution is 2.62. The second kappa shape index (κ2) is 5.04. The van der Waals surface area contributed by atoms with Crippen LogP contribution >= 0.6 is 0 Å². The Bertz CT molecular complexity index is 316. The van der Waals surface area contributed by atoms with Crippen LogP contribution in [0.3, 0.4) is 0 Å². The van der Waals surface area contributed by atoms with Crippen LogP contribution in [0.25, 0.3) is 0 Å². The van der Waals surface area contributed by atoms with Crippen LogP contribution in [0.4, 0.5) is 0 Å². The molecular formula is C17H31NO. The molecule has 0 aromatic carbocycles. The Balaban J connectivity index is 1.52. The third-order valence-electron chi connectivity index (χ3n) is 6.36. The number of nitrogens with one attached hydrogen (secondary N) is 1. The van der Waals surface area contributed by atoms with Crippen molar-refractivity contribution in [1.29, 1.82) is 0 Å². The second-order valence-corrected chi connectivity index (χ2v) is 8.08. The van der Waals surface area contributed by atoms with E-state index in [0.29, 0.717) is 23.0 Å². The smallest absolute Gasteiger partial charge is 0.0587 e. The monoisotopic (exact) mass is 265 g/mol. The van der Waals surface area contributed by atoms with Gasteiger partial charge < -0.3 is 10.1 Å². The SMILES string of the molecule is CC1(C)C(NCCC2CCCCO2)[C@]2(C)CC[C@H]1C2. The largest absolute Gasteiger partial charge is 0.378 e. The van der Waals surface area contributed by atoms with Gasteiger partial charge in [0.2, 0.25) is 0 Å². The lowest BCUT2D eigenvalue weighted by Crippen LogP contribution is -2.50. The first-order valence-electron chi connectivity index (χ1n) is 8.37. The van der Waals surface area contributed by atoms with Crippen molar-refractivity contribution < 1.29 is 4.74 Å². The molecule has 3 aliphatic rings. The molecule has 1 heterocycles. The summed E-state index contributed by atoms with van der Waals surface area (Å²) in [5.41, 5.74) is 1.04. The maximum atomic E-state index is 5.84. The van der Waals surface area contributed by atoms with Gasteiger partial charge in [0.1, 0.15) is 0 Å². The Labute approximate surface area is 118 Å². The summed E-state index contributed by atoms with van der Waals surface area (Å²) in [5, 5.41) is 3.91. The van der Waals surface area contributed by atoms with Gasteiger partial charge in [-0.1, -0.05) is 20.8 Å². The molecule has 4 atom stereocenters. The average Bonchev–Trinajstić information content (AvgIpc) is 2.86. The lowest BCUT2D eigenvalue weighted by Gasteiger charge is -2.43. The van der Waals surface area contributed by atoms with Gasteiger partial charge in [-0.25, -0.2) is 0 Å². The van der Waals surface area contributed by atoms with Gasteiger partial charge in [0.25, 0.3) is 0 Å². The summed E-state index contributed by atoms with van der Waals surface area (Å²) >= 11 is 0. The van der Waals surface area contributed by atoms with Crippen molar-refractivity contribution in [2.24, 2.45) is 16.7 Å². The van der Waals surface area contributed by atoms with E-state index in [1.807, 2.05) is 0 Å². The topological polar surface area (TPSA) is 21.3 Å². The Morgan fingerprint density at radius 3 is 2.63 bits per heavy atom. The second-order valence-electron chi connectivity index (χ2n) is 8.08. The first-order chi connectivity index (χ1) is 9.02. The van der Waals surface area contributed by atoms with Crippen molar-refractivity contribution in [1.82, 2.24) is 5.32 Å². The van der Waals surface area contributed by atoms with E-state index < -0.39 is 0 Å². The molecule has 19 heavy (non-hydrogen) atoms. The van der Waals surface area contributed by atoms with Gasteiger partial charge in [0.05, 0.1) is 6.10 Å². The molecule has 2 nitrogen and oxygen atoms in total. The zero-order valence-corrected chi connectivity index (χ0v) is 13.0. The van der Waals surface area contributed by atoms with Crippen molar-refractivity contribution >= 4 is 0 Å². The molecule has 2 bridgehead atoms. The van der Waals surface area contributed by atoms with Gasteiger partial charge in [-0.15, -0.1) is 0 Å². The zero-order valence-electron chi connectivity index (χ0n) is 13.0. The summed E-state index contributed by atoms with van der Waals surface area (Å²) in [4.78, 5) is 0. The maximum Gasteiger partial charge on any atom is 0.0587 e. The minimum Gasteiger partial charge on any atom is -0.378 e. The summed E-state index contributed by atoms with van der Waals surface area (Å²) < 4.78 is 5.84. The van der Waals surface area contributed by atoms with Crippen molar-refractivity contribution in [3.05, 3.63) is 0 Å². The number of hydrogen-bond acceptors (Lipinski definition) is 2. The molecule has 1 aliphatic heterocycles. The van der Waals surface area contributed by atoms with Crippen LogP contribution in [0.2, 0.25) is 0 Å². The Morgan fingerprint density at radius 1 is 1.16 bits per heavy atom. The van der Waals surface area contributed by atoms with Crippen LogP contribution in [0.5, 0.6) is 0 Å². The molecule has 0 aromatic rings. The molecule has 0 radical (unpaired) electrons. The molecule has 0 amide bonds. The Morgan fingerprint density at radius 2 is 2.00 bits per heavy atom. The van der Waals surface area contributed by atoms with Crippen molar-refractivity contribution in [3.8, 4) is 0 Å². The van der Waals surface area contributed by atoms with Crippen LogP contribution in [0, 0.1) is 16.7 Å². The number of fused-ring (bicyclic) bond motifs is 2. The number of ether oxygens (including phenoxy) is 1. The summed E-state index contributed by atoms with van der Waals surface area (Å²) in [7, 11) is 0. The van der Waals surface area contributed by atoms with Gasteiger partial charge in [-0.3, -0.25) is 0 Å². The van der Waals surface area contributed by atoms with E-state index in [2.05, 4.69) is 26.1 Å². The quantitative estimate of drug-likeness (QED) is 0.836. The van der Waals surface area contributed by atoms with E-state index in [1.165, 1.54) is 44.9 Å². The standard InChI is InChI=1S/C17H31NO/c1-16(2)13-7-9-17(3,12-13)15(16)18-10-8-14-6-4-5-11-19-14/h13-15,18H,4-12H2,1-3H3/t13-,14?,15?,17+/m0/s1. The molecule has 2 aliphatic carbocycles. The van der Waals surface area contributed by atoms with Gasteiger partial charge in [0, 0.05) is 12.6 Å². The molecule has 0 aromatic heterocycles. The maximum absolute atomic E-state index is 5.84. The molecule has 3 rings (SSSR count). The molecule has 2 heteroatoms. The fourth-order valence-corrected chi connectivity index (χ4v) is 5.24. The first-order valence-corrected chi connectivity index (χ1v) is 8.37. The minimum absolute atomic E-state index is 0.487. The van der Waals surface area contributed by atoms with Crippen LogP contribution < -0.4 is 5.32 Å². The summed E-state index contributed by atoms with van der Waals surface area (Å²) in [5.74, 6) is 0.945. The fourth-order valence-electron chi connectivity index (χ4n) is 5.24. The minimum atomic E-state index is 0.487. The van der Waals surface area contributed by atoms with Gasteiger partial charge in [0.15, 0.2) is 0 Å². The fraction of sp³-hybridized carbons (Fsp3) is 1.00. The lowest BCUT2D eigenvalue weighted by molar-refractivity contribution is 0.00866. The van der Waals surface area contributed by atoms with Crippen molar-refractivity contribution in [2.45, 2.75) is 77.9 Å². The normalized spacial score (nSPS) is 44.7. The van der Waals surface area contributed by atoms with Crippen LogP contribution in [0.1, 0.15) is 65.7 Å². The van der Waals surface area contributed by atoms with Crippen molar-refractivity contribution in [2.75, 3.05) is 13.2 Å². The van der Waals surface area contributed by atoms with E-state index in [1.54, 1.807) is 0 Å². The molecule has 2 saturated carbocycles. The molecule has 2 unspecified atom stereocenters. The highest BCUT2D eigenvalue weighted by atomic mass is 16.5. The summed E-state index contributed by atoms with van der Waals surface area (Å²) in [6, 6.07) is 0.711. The number of rotatable bonds is 4. The van der Waals surface area contributed by atoms with Gasteiger partial charge in [-0.05, 0) is 68.2 Å². The third-order valence-corrected chi connectivity index (χ3v) is 6.36. The van der Waals surface area contributed by atoms with E-state index in [4.69, 9.17) is 4.74 Å². The van der Waals surface area contributed by atoms with Gasteiger partial charge in [-0.2, -0.15) is 0 Å². The lowest BCUT2D eigenvalue weighted by atomic mass is 9.68. The van der Waals surface area contributed by atoms with E-state index in [9.17, 15) is 0 Å². The highest BCUT2D eigenvalue weighted by Gasteiger charge is 2.58. The molecule has 3 fully saturated rings. The predicted octanol–water partition coefficient (Wildman–Crippen LogP) is 3.75. The van der Waals surface area contributed by atoms with Crippen LogP contribution in [-0.2, 0) is 4.74 Å². The van der Waals surface area contributed by atoms with E-state index in [0.717, 1.165) is 19.1 Å². The Kier molecular flexibility index (Phi) is 3.68. The average molecular weight is 265 g/mol. The third kappa shape index (κ3) is 2.47. The molecule has 1 saturated heterocycles. The van der Waals surface area contributed by atoms with E-state index in [-0.39, 0.29) is 0 Å².